The van der Waals surface area contributed by atoms with Gasteiger partial charge in [-0.3, -0.25) is 9.79 Å². The number of rotatable bonds is 8. The van der Waals surface area contributed by atoms with Gasteiger partial charge in [0, 0.05) is 26.2 Å². The van der Waals surface area contributed by atoms with Crippen LogP contribution in [0.25, 0.3) is 0 Å². The summed E-state index contributed by atoms with van der Waals surface area (Å²) in [5, 5.41) is 3.39. The van der Waals surface area contributed by atoms with Crippen molar-refractivity contribution in [3.8, 4) is 0 Å². The molecule has 0 atom stereocenters. The lowest BCUT2D eigenvalue weighted by Gasteiger charge is -2.33. The van der Waals surface area contributed by atoms with Gasteiger partial charge in [0.05, 0.1) is 13.0 Å². The third kappa shape index (κ3) is 6.70. The normalized spacial score (nSPS) is 15.8. The number of aryl methyl sites for hydroxylation is 1. The van der Waals surface area contributed by atoms with Crippen LogP contribution in [0, 0.1) is 5.92 Å². The summed E-state index contributed by atoms with van der Waals surface area (Å²) in [6, 6.07) is 10.7. The van der Waals surface area contributed by atoms with Crippen LogP contribution in [0.4, 0.5) is 0 Å². The van der Waals surface area contributed by atoms with E-state index in [1.54, 1.807) is 0 Å². The molecule has 2 rings (SSSR count). The number of ether oxygens (including phenoxy) is 1. The fraction of sp³-hybridized carbons (Fsp3) is 0.619. The molecule has 1 aromatic rings. The van der Waals surface area contributed by atoms with E-state index in [2.05, 4.69) is 47.5 Å². The fourth-order valence-corrected chi connectivity index (χ4v) is 3.37. The van der Waals surface area contributed by atoms with Crippen LogP contribution in [0.1, 0.15) is 44.6 Å². The minimum absolute atomic E-state index is 0.0390. The van der Waals surface area contributed by atoms with Crippen molar-refractivity contribution in [3.63, 3.8) is 0 Å². The number of benzene rings is 1. The number of aliphatic imine (C=N–C) groups is 1. The van der Waals surface area contributed by atoms with E-state index in [1.807, 2.05) is 0 Å². The smallest absolute Gasteiger partial charge is 0.308 e. The number of nitrogens with one attached hydrogen (secondary N) is 1. The molecule has 0 aromatic heterocycles. The van der Waals surface area contributed by atoms with Gasteiger partial charge in [-0.15, -0.1) is 0 Å². The molecule has 1 saturated heterocycles. The number of esters is 1. The Hall–Kier alpha value is -2.04. The maximum atomic E-state index is 11.7. The molecule has 5 nitrogen and oxygen atoms in total. The summed E-state index contributed by atoms with van der Waals surface area (Å²) in [5.41, 5.74) is 1.41. The van der Waals surface area contributed by atoms with E-state index in [0.29, 0.717) is 0 Å². The second-order valence-electron chi connectivity index (χ2n) is 6.82. The second kappa shape index (κ2) is 11.6. The van der Waals surface area contributed by atoms with E-state index < -0.39 is 0 Å². The van der Waals surface area contributed by atoms with Crippen molar-refractivity contribution in [1.82, 2.24) is 10.2 Å². The van der Waals surface area contributed by atoms with Gasteiger partial charge in [-0.05, 0) is 44.6 Å². The molecule has 26 heavy (non-hydrogen) atoms. The Morgan fingerprint density at radius 1 is 1.19 bits per heavy atom. The van der Waals surface area contributed by atoms with Crippen molar-refractivity contribution in [2.24, 2.45) is 10.9 Å². The summed E-state index contributed by atoms with van der Waals surface area (Å²) in [6.45, 7) is 5.54. The topological polar surface area (TPSA) is 53.9 Å². The number of guanidine groups is 1. The molecule has 1 aliphatic heterocycles. The molecule has 0 unspecified atom stereocenters. The first-order valence-corrected chi connectivity index (χ1v) is 9.89. The standard InChI is InChI=1S/C21H33N3O2/c1-3-22-21(24-16-13-19(14-17-24)20(25)26-2)23-15-9-5-8-12-18-10-6-4-7-11-18/h4,6-7,10-11,19H,3,5,8-9,12-17H2,1-2H3,(H,22,23). The SMILES string of the molecule is CCNC(=NCCCCCc1ccccc1)N1CCC(C(=O)OC)CC1. The predicted octanol–water partition coefficient (Wildman–Crippen LogP) is 3.25. The van der Waals surface area contributed by atoms with Gasteiger partial charge < -0.3 is 15.0 Å². The summed E-state index contributed by atoms with van der Waals surface area (Å²) < 4.78 is 4.86. The van der Waals surface area contributed by atoms with Gasteiger partial charge in [0.1, 0.15) is 0 Å². The summed E-state index contributed by atoms with van der Waals surface area (Å²) in [7, 11) is 1.47. The zero-order chi connectivity index (χ0) is 18.6. The molecule has 1 fully saturated rings. The predicted molar refractivity (Wildman–Crippen MR) is 106 cm³/mol. The van der Waals surface area contributed by atoms with Crippen LogP contribution in [0.5, 0.6) is 0 Å². The Balaban J connectivity index is 1.70. The number of hydrogen-bond donors (Lipinski definition) is 1. The first-order valence-electron chi connectivity index (χ1n) is 9.89. The van der Waals surface area contributed by atoms with Gasteiger partial charge >= 0.3 is 5.97 Å². The lowest BCUT2D eigenvalue weighted by Crippen LogP contribution is -2.46. The van der Waals surface area contributed by atoms with Crippen molar-refractivity contribution in [2.75, 3.05) is 33.3 Å². The Kier molecular flexibility index (Phi) is 9.01. The molecule has 1 aliphatic rings. The molecule has 0 aliphatic carbocycles. The van der Waals surface area contributed by atoms with Crippen molar-refractivity contribution < 1.29 is 9.53 Å². The molecular formula is C21H33N3O2. The highest BCUT2D eigenvalue weighted by molar-refractivity contribution is 5.80. The minimum Gasteiger partial charge on any atom is -0.469 e. The maximum absolute atomic E-state index is 11.7. The Labute approximate surface area is 157 Å². The lowest BCUT2D eigenvalue weighted by atomic mass is 9.97. The number of likely N-dealkylation sites (tertiary alicyclic amines) is 1. The van der Waals surface area contributed by atoms with E-state index in [1.165, 1.54) is 25.5 Å². The van der Waals surface area contributed by atoms with Crippen molar-refractivity contribution in [2.45, 2.75) is 45.4 Å². The third-order valence-electron chi connectivity index (χ3n) is 4.89. The van der Waals surface area contributed by atoms with Crippen LogP contribution in [0.15, 0.2) is 35.3 Å². The van der Waals surface area contributed by atoms with Gasteiger partial charge in [-0.1, -0.05) is 36.8 Å². The van der Waals surface area contributed by atoms with Gasteiger partial charge in [-0.2, -0.15) is 0 Å². The highest BCUT2D eigenvalue weighted by Crippen LogP contribution is 2.18. The molecule has 0 amide bonds. The van der Waals surface area contributed by atoms with E-state index >= 15 is 0 Å². The zero-order valence-corrected chi connectivity index (χ0v) is 16.2. The van der Waals surface area contributed by atoms with Crippen LogP contribution in [-0.4, -0.2) is 50.1 Å². The van der Waals surface area contributed by atoms with Crippen LogP contribution in [0.2, 0.25) is 0 Å². The molecular weight excluding hydrogens is 326 g/mol. The third-order valence-corrected chi connectivity index (χ3v) is 4.89. The average Bonchev–Trinajstić information content (AvgIpc) is 2.70. The zero-order valence-electron chi connectivity index (χ0n) is 16.2. The number of nitrogens with zero attached hydrogens (tertiary/aromatic N) is 2. The number of carbonyl (C=O) groups is 1. The van der Waals surface area contributed by atoms with E-state index in [-0.39, 0.29) is 11.9 Å². The Bertz CT molecular complexity index is 552. The summed E-state index contributed by atoms with van der Waals surface area (Å²) in [6.07, 6.45) is 6.34. The van der Waals surface area contributed by atoms with Crippen LogP contribution >= 0.6 is 0 Å². The number of methoxy groups -OCH3 is 1. The molecule has 0 bridgehead atoms. The molecule has 5 heteroatoms. The van der Waals surface area contributed by atoms with Crippen LogP contribution < -0.4 is 5.32 Å². The van der Waals surface area contributed by atoms with Gasteiger partial charge in [0.2, 0.25) is 0 Å². The summed E-state index contributed by atoms with van der Waals surface area (Å²) >= 11 is 0. The minimum atomic E-state index is -0.0787. The molecule has 144 valence electrons. The molecule has 1 aromatic carbocycles. The van der Waals surface area contributed by atoms with E-state index in [0.717, 1.165) is 57.8 Å². The first kappa shape index (κ1) is 20.3. The number of unbranched alkanes of at least 4 members (excludes halogenated alkanes) is 2. The van der Waals surface area contributed by atoms with E-state index in [4.69, 9.17) is 9.73 Å². The fourth-order valence-electron chi connectivity index (χ4n) is 3.37. The Morgan fingerprint density at radius 3 is 2.58 bits per heavy atom. The largest absolute Gasteiger partial charge is 0.469 e. The molecule has 0 radical (unpaired) electrons. The van der Waals surface area contributed by atoms with Crippen LogP contribution in [-0.2, 0) is 16.0 Å². The molecule has 0 saturated carbocycles. The van der Waals surface area contributed by atoms with Gasteiger partial charge in [0.25, 0.3) is 0 Å². The highest BCUT2D eigenvalue weighted by atomic mass is 16.5. The van der Waals surface area contributed by atoms with Crippen LogP contribution in [0.3, 0.4) is 0 Å². The monoisotopic (exact) mass is 359 g/mol. The molecule has 1 heterocycles. The Morgan fingerprint density at radius 2 is 1.92 bits per heavy atom. The average molecular weight is 360 g/mol. The van der Waals surface area contributed by atoms with Gasteiger partial charge in [0.15, 0.2) is 5.96 Å². The second-order valence-corrected chi connectivity index (χ2v) is 6.82. The van der Waals surface area contributed by atoms with Crippen molar-refractivity contribution >= 4 is 11.9 Å². The number of piperidine rings is 1. The summed E-state index contributed by atoms with van der Waals surface area (Å²) in [4.78, 5) is 18.7. The maximum Gasteiger partial charge on any atom is 0.308 e. The highest BCUT2D eigenvalue weighted by Gasteiger charge is 2.26. The van der Waals surface area contributed by atoms with E-state index in [9.17, 15) is 4.79 Å². The van der Waals surface area contributed by atoms with Crippen molar-refractivity contribution in [3.05, 3.63) is 35.9 Å². The molecule has 0 spiro atoms. The lowest BCUT2D eigenvalue weighted by molar-refractivity contribution is -0.146. The molecule has 1 N–H and O–H groups in total. The first-order chi connectivity index (χ1) is 12.7. The summed E-state index contributed by atoms with van der Waals surface area (Å²) in [5.74, 6) is 0.945. The quantitative estimate of drug-likeness (QED) is 0.335. The van der Waals surface area contributed by atoms with Gasteiger partial charge in [-0.25, -0.2) is 0 Å². The van der Waals surface area contributed by atoms with Crippen molar-refractivity contribution in [1.29, 1.82) is 0 Å². The number of carbonyl (C=O) groups excluding carboxylic acids is 1. The number of hydrogen-bond acceptors (Lipinski definition) is 3.